The van der Waals surface area contributed by atoms with Crippen LogP contribution in [-0.2, 0) is 23.8 Å². The Balaban J connectivity index is 1.09. The van der Waals surface area contributed by atoms with Gasteiger partial charge in [-0.3, -0.25) is 9.59 Å². The number of carbonyl (C=O) groups excluding carboxylic acids is 2. The lowest BCUT2D eigenvalue weighted by Crippen LogP contribution is -2.59. The summed E-state index contributed by atoms with van der Waals surface area (Å²) in [6.07, 6.45) is 0.584. The molecule has 0 bridgehead atoms. The van der Waals surface area contributed by atoms with Crippen molar-refractivity contribution in [3.63, 3.8) is 0 Å². The molecule has 0 spiro atoms. The fourth-order valence-corrected chi connectivity index (χ4v) is 10.2. The predicted molar refractivity (Wildman–Crippen MR) is 153 cm³/mol. The number of aliphatic hydroxyl groups is 5. The largest absolute Gasteiger partial charge is 0.394 e. The van der Waals surface area contributed by atoms with Gasteiger partial charge in [0.15, 0.2) is 17.9 Å². The van der Waals surface area contributed by atoms with E-state index in [4.69, 9.17) is 14.2 Å². The Morgan fingerprint density at radius 1 is 1.09 bits per heavy atom. The van der Waals surface area contributed by atoms with Crippen molar-refractivity contribution in [1.82, 2.24) is 0 Å². The number of fused-ring (bicyclic) bond motifs is 7. The first-order valence-corrected chi connectivity index (χ1v) is 16.3. The summed E-state index contributed by atoms with van der Waals surface area (Å²) in [5.41, 5.74) is 0.602. The van der Waals surface area contributed by atoms with E-state index in [0.717, 1.165) is 25.7 Å². The first-order chi connectivity index (χ1) is 20.2. The highest BCUT2D eigenvalue weighted by molar-refractivity contribution is 5.92. The molecule has 3 saturated carbocycles. The van der Waals surface area contributed by atoms with E-state index in [1.54, 1.807) is 0 Å². The smallest absolute Gasteiger partial charge is 0.186 e. The molecule has 0 unspecified atom stereocenters. The van der Waals surface area contributed by atoms with E-state index in [1.807, 2.05) is 19.9 Å². The molecular formula is C33H50O10. The Kier molecular flexibility index (Phi) is 8.28. The fraction of sp³-hybridized carbons (Fsp3) is 0.879. The third-order valence-electron chi connectivity index (χ3n) is 12.9. The second-order valence-corrected chi connectivity index (χ2v) is 15.1. The van der Waals surface area contributed by atoms with E-state index in [9.17, 15) is 35.1 Å². The van der Waals surface area contributed by atoms with Crippen molar-refractivity contribution in [2.45, 2.75) is 122 Å². The summed E-state index contributed by atoms with van der Waals surface area (Å²) in [5.74, 6) is -0.339. The Labute approximate surface area is 253 Å². The van der Waals surface area contributed by atoms with Gasteiger partial charge in [0, 0.05) is 36.5 Å². The van der Waals surface area contributed by atoms with Crippen LogP contribution in [0.2, 0.25) is 0 Å². The summed E-state index contributed by atoms with van der Waals surface area (Å²) in [7, 11) is 0. The van der Waals surface area contributed by atoms with Gasteiger partial charge in [0.2, 0.25) is 0 Å². The number of hydrogen-bond donors (Lipinski definition) is 5. The summed E-state index contributed by atoms with van der Waals surface area (Å²) >= 11 is 0. The monoisotopic (exact) mass is 606 g/mol. The quantitative estimate of drug-likeness (QED) is 0.289. The molecule has 0 amide bonds. The van der Waals surface area contributed by atoms with E-state index in [0.29, 0.717) is 31.6 Å². The molecule has 43 heavy (non-hydrogen) atoms. The zero-order valence-corrected chi connectivity index (χ0v) is 25.9. The molecule has 0 aromatic rings. The second kappa shape index (κ2) is 11.2. The third-order valence-corrected chi connectivity index (χ3v) is 12.9. The van der Waals surface area contributed by atoms with Crippen LogP contribution >= 0.6 is 0 Å². The van der Waals surface area contributed by atoms with Gasteiger partial charge in [-0.05, 0) is 67.3 Å². The van der Waals surface area contributed by atoms with Gasteiger partial charge in [-0.1, -0.05) is 33.3 Å². The van der Waals surface area contributed by atoms with Crippen LogP contribution < -0.4 is 0 Å². The predicted octanol–water partition coefficient (Wildman–Crippen LogP) is 1.88. The van der Waals surface area contributed by atoms with Gasteiger partial charge in [-0.15, -0.1) is 0 Å². The summed E-state index contributed by atoms with van der Waals surface area (Å²) < 4.78 is 17.6. The van der Waals surface area contributed by atoms with E-state index in [1.165, 1.54) is 5.57 Å². The topological polar surface area (TPSA) is 163 Å². The molecule has 242 valence electrons. The van der Waals surface area contributed by atoms with Crippen molar-refractivity contribution in [2.24, 2.45) is 46.3 Å². The highest BCUT2D eigenvalue weighted by Gasteiger charge is 2.70. The van der Waals surface area contributed by atoms with E-state index >= 15 is 0 Å². The van der Waals surface area contributed by atoms with Gasteiger partial charge < -0.3 is 39.7 Å². The summed E-state index contributed by atoms with van der Waals surface area (Å²) in [5, 5.41) is 51.4. The van der Waals surface area contributed by atoms with Gasteiger partial charge in [0.05, 0.1) is 19.3 Å². The van der Waals surface area contributed by atoms with Crippen molar-refractivity contribution >= 4 is 11.6 Å². The number of carbonyl (C=O) groups is 2. The summed E-state index contributed by atoms with van der Waals surface area (Å²) in [6.45, 7) is 8.01. The molecule has 5 fully saturated rings. The maximum absolute atomic E-state index is 14.1. The number of ketones is 2. The molecule has 10 nitrogen and oxygen atoms in total. The summed E-state index contributed by atoms with van der Waals surface area (Å²) in [4.78, 5) is 26.3. The SMILES string of the molecule is C[C@H](CC[C@@]1(O)O[C@H]2C[C@H]3[C@@H]4CCC5=CC(=O)CC[C@]5(C)[C@H]4CC(=O)[C@]3(C)[C@H]2[C@@H]1C)CO[C@@H]1O[C@H](CO)[C@@H](O)[C@H](O)[C@H]1O. The molecule has 0 aromatic heterocycles. The molecule has 15 atom stereocenters. The van der Waals surface area contributed by atoms with Crippen LogP contribution in [0.1, 0.15) is 79.1 Å². The average Bonchev–Trinajstić information content (AvgIpc) is 3.41. The second-order valence-electron chi connectivity index (χ2n) is 15.1. The molecule has 0 aromatic carbocycles. The van der Waals surface area contributed by atoms with Gasteiger partial charge >= 0.3 is 0 Å². The van der Waals surface area contributed by atoms with Crippen LogP contribution in [0.3, 0.4) is 0 Å². The number of Topliss-reactive ketones (excluding diaryl/α,β-unsaturated/α-hetero) is 1. The lowest BCUT2D eigenvalue weighted by atomic mass is 9.46. The van der Waals surface area contributed by atoms with Gasteiger partial charge in [-0.25, -0.2) is 0 Å². The first kappa shape index (κ1) is 31.7. The molecular weight excluding hydrogens is 556 g/mol. The number of allylic oxidation sites excluding steroid dienone is 1. The van der Waals surface area contributed by atoms with E-state index in [-0.39, 0.29) is 59.3 Å². The molecule has 6 rings (SSSR count). The van der Waals surface area contributed by atoms with Gasteiger partial charge in [0.1, 0.15) is 30.2 Å². The number of aliphatic hydroxyl groups excluding tert-OH is 4. The van der Waals surface area contributed by atoms with Crippen molar-refractivity contribution in [3.05, 3.63) is 11.6 Å². The lowest BCUT2D eigenvalue weighted by Gasteiger charge is -2.57. The Bertz CT molecular complexity index is 1140. The minimum atomic E-state index is -1.50. The number of rotatable bonds is 7. The average molecular weight is 607 g/mol. The minimum Gasteiger partial charge on any atom is -0.394 e. The van der Waals surface area contributed by atoms with Crippen molar-refractivity contribution in [3.8, 4) is 0 Å². The zero-order chi connectivity index (χ0) is 31.1. The van der Waals surface area contributed by atoms with Crippen molar-refractivity contribution < 1.29 is 49.3 Å². The first-order valence-electron chi connectivity index (χ1n) is 16.3. The molecule has 0 radical (unpaired) electrons. The van der Waals surface area contributed by atoms with E-state index < -0.39 is 48.5 Å². The molecule has 5 N–H and O–H groups in total. The number of hydrogen-bond acceptors (Lipinski definition) is 10. The fourth-order valence-electron chi connectivity index (χ4n) is 10.2. The van der Waals surface area contributed by atoms with Crippen LogP contribution in [0.5, 0.6) is 0 Å². The Morgan fingerprint density at radius 2 is 1.84 bits per heavy atom. The minimum absolute atomic E-state index is 0.0550. The zero-order valence-electron chi connectivity index (χ0n) is 25.9. The Hall–Kier alpha value is -1.24. The lowest BCUT2D eigenvalue weighted by molar-refractivity contribution is -0.303. The van der Waals surface area contributed by atoms with Crippen molar-refractivity contribution in [2.75, 3.05) is 13.2 Å². The molecule has 2 heterocycles. The highest BCUT2D eigenvalue weighted by atomic mass is 16.7. The Morgan fingerprint density at radius 3 is 2.56 bits per heavy atom. The molecule has 10 heteroatoms. The van der Waals surface area contributed by atoms with Crippen LogP contribution in [0.15, 0.2) is 11.6 Å². The maximum Gasteiger partial charge on any atom is 0.186 e. The third kappa shape index (κ3) is 4.90. The van der Waals surface area contributed by atoms with Crippen LogP contribution in [0, 0.1) is 46.3 Å². The number of ether oxygens (including phenoxy) is 3. The molecule has 4 aliphatic carbocycles. The normalized spacial score (nSPS) is 51.7. The standard InChI is InChI=1S/C33H50O10/c1-16(15-41-30-29(39)28(38)27(37)24(14-34)42-30)7-10-33(40)17(2)26-23(43-33)12-22-20-6-5-18-11-19(35)8-9-31(18,3)21(20)13-25(36)32(22,26)4/h11,16-17,20-24,26-30,34,37-40H,5-10,12-15H2,1-4H3/t16-,17+,20-,21+,22+,23+,24-,26+,27-,28+,29-,30-,31+,32-,33-/m1/s1. The van der Waals surface area contributed by atoms with Gasteiger partial charge in [-0.2, -0.15) is 0 Å². The van der Waals surface area contributed by atoms with E-state index in [2.05, 4.69) is 13.8 Å². The summed E-state index contributed by atoms with van der Waals surface area (Å²) in [6, 6.07) is 0. The van der Waals surface area contributed by atoms with Crippen molar-refractivity contribution in [1.29, 1.82) is 0 Å². The van der Waals surface area contributed by atoms with Crippen LogP contribution in [-0.4, -0.2) is 92.9 Å². The van der Waals surface area contributed by atoms with Crippen LogP contribution in [0.25, 0.3) is 0 Å². The highest BCUT2D eigenvalue weighted by Crippen LogP contribution is 2.69. The van der Waals surface area contributed by atoms with Gasteiger partial charge in [0.25, 0.3) is 0 Å². The van der Waals surface area contributed by atoms with Crippen LogP contribution in [0.4, 0.5) is 0 Å². The maximum atomic E-state index is 14.1. The molecule has 6 aliphatic rings. The molecule has 2 saturated heterocycles. The molecule has 2 aliphatic heterocycles.